The number of ether oxygens (including phenoxy) is 1. The Morgan fingerprint density at radius 1 is 0.921 bits per heavy atom. The van der Waals surface area contributed by atoms with Crippen molar-refractivity contribution in [2.75, 3.05) is 36.4 Å². The fraction of sp³-hybridized carbons (Fsp3) is 0.296. The third kappa shape index (κ3) is 5.69. The first-order valence-corrected chi connectivity index (χ1v) is 15.0. The van der Waals surface area contributed by atoms with E-state index < -0.39 is 32.5 Å². The van der Waals surface area contributed by atoms with Crippen molar-refractivity contribution in [1.82, 2.24) is 4.31 Å². The maximum Gasteiger partial charge on any atom is 0.264 e. The van der Waals surface area contributed by atoms with Gasteiger partial charge in [-0.3, -0.25) is 9.10 Å². The summed E-state index contributed by atoms with van der Waals surface area (Å²) in [7, 11) is -6.43. The number of carbonyl (C=O) groups excluding carboxylic acids is 1. The number of para-hydroxylation sites is 1. The highest BCUT2D eigenvalue weighted by Gasteiger charge is 2.30. The second-order valence-electron chi connectivity index (χ2n) is 9.13. The van der Waals surface area contributed by atoms with E-state index in [4.69, 9.17) is 4.74 Å². The normalized spacial score (nSPS) is 14.3. The number of nitrogens with zero attached hydrogens (tertiary/aromatic N) is 2. The third-order valence-electron chi connectivity index (χ3n) is 6.43. The van der Waals surface area contributed by atoms with Gasteiger partial charge in [-0.25, -0.2) is 16.8 Å². The van der Waals surface area contributed by atoms with E-state index in [2.05, 4.69) is 5.32 Å². The quantitative estimate of drug-likeness (QED) is 0.427. The highest BCUT2D eigenvalue weighted by molar-refractivity contribution is 7.92. The molecule has 4 rings (SSSR count). The minimum Gasteiger partial charge on any atom is -0.495 e. The first-order chi connectivity index (χ1) is 18.0. The highest BCUT2D eigenvalue weighted by atomic mass is 32.2. The number of hydrogen-bond donors (Lipinski definition) is 1. The Hall–Kier alpha value is -3.41. The molecule has 0 radical (unpaired) electrons. The summed E-state index contributed by atoms with van der Waals surface area (Å²) in [5, 5.41) is 2.66. The number of aryl methyl sites for hydroxylation is 2. The molecule has 1 saturated heterocycles. The van der Waals surface area contributed by atoms with Crippen LogP contribution in [0.3, 0.4) is 0 Å². The number of anilines is 2. The molecule has 1 amide bonds. The minimum atomic E-state index is -4.10. The first-order valence-electron chi connectivity index (χ1n) is 12.2. The molecule has 0 aliphatic carbocycles. The summed E-state index contributed by atoms with van der Waals surface area (Å²) >= 11 is 0. The Morgan fingerprint density at radius 3 is 2.18 bits per heavy atom. The van der Waals surface area contributed by atoms with Crippen LogP contribution in [0.15, 0.2) is 76.5 Å². The molecule has 1 aliphatic rings. The van der Waals surface area contributed by atoms with Crippen molar-refractivity contribution in [2.24, 2.45) is 0 Å². The van der Waals surface area contributed by atoms with E-state index in [1.165, 1.54) is 41.7 Å². The Labute approximate surface area is 224 Å². The van der Waals surface area contributed by atoms with E-state index in [1.807, 2.05) is 6.92 Å². The molecule has 1 heterocycles. The topological polar surface area (TPSA) is 113 Å². The lowest BCUT2D eigenvalue weighted by atomic mass is 10.2. The van der Waals surface area contributed by atoms with Gasteiger partial charge >= 0.3 is 0 Å². The van der Waals surface area contributed by atoms with Crippen LogP contribution >= 0.6 is 0 Å². The Balaban J connectivity index is 1.67. The van der Waals surface area contributed by atoms with E-state index in [9.17, 15) is 21.6 Å². The van der Waals surface area contributed by atoms with Gasteiger partial charge in [-0.15, -0.1) is 0 Å². The van der Waals surface area contributed by atoms with Crippen LogP contribution in [0.25, 0.3) is 0 Å². The molecule has 9 nitrogen and oxygen atoms in total. The van der Waals surface area contributed by atoms with Crippen molar-refractivity contribution in [1.29, 1.82) is 0 Å². The van der Waals surface area contributed by atoms with Crippen LogP contribution in [0.1, 0.15) is 24.0 Å². The molecule has 0 unspecified atom stereocenters. The lowest BCUT2D eigenvalue weighted by Gasteiger charge is -2.26. The number of amides is 1. The predicted octanol–water partition coefficient (Wildman–Crippen LogP) is 3.93. The average Bonchev–Trinajstić information content (AvgIpc) is 3.44. The maximum atomic E-state index is 13.7. The van der Waals surface area contributed by atoms with Crippen LogP contribution in [-0.4, -0.2) is 53.8 Å². The molecule has 11 heteroatoms. The zero-order valence-electron chi connectivity index (χ0n) is 21.5. The van der Waals surface area contributed by atoms with Crippen LogP contribution in [0, 0.1) is 13.8 Å². The molecular weight excluding hydrogens is 526 g/mol. The molecule has 1 fully saturated rings. The number of methoxy groups -OCH3 is 1. The summed E-state index contributed by atoms with van der Waals surface area (Å²) in [5.74, 6) is -0.402. The van der Waals surface area contributed by atoms with Crippen molar-refractivity contribution in [3.05, 3.63) is 77.9 Å². The van der Waals surface area contributed by atoms with E-state index >= 15 is 0 Å². The predicted molar refractivity (Wildman–Crippen MR) is 147 cm³/mol. The Bertz CT molecular complexity index is 1530. The van der Waals surface area contributed by atoms with Gasteiger partial charge in [0.25, 0.3) is 10.0 Å². The van der Waals surface area contributed by atoms with Gasteiger partial charge in [0.2, 0.25) is 15.9 Å². The molecule has 1 aliphatic heterocycles. The summed E-state index contributed by atoms with van der Waals surface area (Å²) in [4.78, 5) is 13.4. The zero-order chi connectivity index (χ0) is 27.5. The van der Waals surface area contributed by atoms with E-state index in [1.54, 1.807) is 43.3 Å². The number of rotatable bonds is 9. The van der Waals surface area contributed by atoms with Gasteiger partial charge in [0.1, 0.15) is 12.3 Å². The molecule has 0 atom stereocenters. The van der Waals surface area contributed by atoms with Gasteiger partial charge in [0.15, 0.2) is 0 Å². The lowest BCUT2D eigenvalue weighted by Crippen LogP contribution is -2.38. The smallest absolute Gasteiger partial charge is 0.264 e. The van der Waals surface area contributed by atoms with E-state index in [-0.39, 0.29) is 21.2 Å². The summed E-state index contributed by atoms with van der Waals surface area (Å²) in [6, 6.07) is 17.5. The largest absolute Gasteiger partial charge is 0.495 e. The average molecular weight is 558 g/mol. The highest BCUT2D eigenvalue weighted by Crippen LogP contribution is 2.31. The molecule has 0 saturated carbocycles. The van der Waals surface area contributed by atoms with Gasteiger partial charge in [-0.05, 0) is 68.7 Å². The van der Waals surface area contributed by atoms with Gasteiger partial charge in [0, 0.05) is 13.1 Å². The van der Waals surface area contributed by atoms with E-state index in [0.29, 0.717) is 24.3 Å². The summed E-state index contributed by atoms with van der Waals surface area (Å²) in [6.07, 6.45) is 1.59. The summed E-state index contributed by atoms with van der Waals surface area (Å²) in [6.45, 7) is 3.97. The van der Waals surface area contributed by atoms with Crippen molar-refractivity contribution >= 4 is 37.3 Å². The molecule has 202 valence electrons. The number of benzene rings is 3. The molecule has 38 heavy (non-hydrogen) atoms. The zero-order valence-corrected chi connectivity index (χ0v) is 23.2. The maximum absolute atomic E-state index is 13.7. The number of hydrogen-bond acceptors (Lipinski definition) is 6. The second-order valence-corrected chi connectivity index (χ2v) is 12.9. The van der Waals surface area contributed by atoms with Gasteiger partial charge in [0.05, 0.1) is 28.3 Å². The van der Waals surface area contributed by atoms with Crippen molar-refractivity contribution in [3.63, 3.8) is 0 Å². The standard InChI is InChI=1S/C27H31N3O6S2/c1-20-10-12-22(13-11-20)38(34,35)30(25-9-5-4-8-21(25)2)19-27(31)28-24-18-23(14-15-26(24)36-3)37(32,33)29-16-6-7-17-29/h4-5,8-15,18H,6-7,16-17,19H2,1-3H3,(H,28,31). The van der Waals surface area contributed by atoms with Crippen molar-refractivity contribution < 1.29 is 26.4 Å². The molecule has 0 spiro atoms. The van der Waals surface area contributed by atoms with Crippen LogP contribution in [0.4, 0.5) is 11.4 Å². The van der Waals surface area contributed by atoms with E-state index in [0.717, 1.165) is 22.7 Å². The summed E-state index contributed by atoms with van der Waals surface area (Å²) in [5.41, 5.74) is 2.07. The SMILES string of the molecule is COc1ccc(S(=O)(=O)N2CCCC2)cc1NC(=O)CN(c1ccccc1C)S(=O)(=O)c1ccc(C)cc1. The molecular formula is C27H31N3O6S2. The lowest BCUT2D eigenvalue weighted by molar-refractivity contribution is -0.114. The number of nitrogens with one attached hydrogen (secondary N) is 1. The molecule has 3 aromatic rings. The van der Waals surface area contributed by atoms with Crippen LogP contribution in [-0.2, 0) is 24.8 Å². The van der Waals surface area contributed by atoms with Crippen molar-refractivity contribution in [2.45, 2.75) is 36.5 Å². The van der Waals surface area contributed by atoms with Gasteiger partial charge in [-0.1, -0.05) is 35.9 Å². The minimum absolute atomic E-state index is 0.0264. The monoisotopic (exact) mass is 557 g/mol. The molecule has 1 N–H and O–H groups in total. The Morgan fingerprint density at radius 2 is 1.55 bits per heavy atom. The third-order valence-corrected chi connectivity index (χ3v) is 10.1. The first kappa shape index (κ1) is 27.6. The number of sulfonamides is 2. The van der Waals surface area contributed by atoms with Crippen LogP contribution in [0.5, 0.6) is 5.75 Å². The molecule has 3 aromatic carbocycles. The van der Waals surface area contributed by atoms with Gasteiger partial charge < -0.3 is 10.1 Å². The van der Waals surface area contributed by atoms with Crippen molar-refractivity contribution in [3.8, 4) is 5.75 Å². The van der Waals surface area contributed by atoms with Crippen LogP contribution < -0.4 is 14.4 Å². The van der Waals surface area contributed by atoms with Gasteiger partial charge in [-0.2, -0.15) is 4.31 Å². The van der Waals surface area contributed by atoms with Crippen LogP contribution in [0.2, 0.25) is 0 Å². The molecule has 0 aromatic heterocycles. The Kier molecular flexibility index (Phi) is 8.10. The summed E-state index contributed by atoms with van der Waals surface area (Å²) < 4.78 is 61.3. The fourth-order valence-electron chi connectivity index (χ4n) is 4.32. The number of carbonyl (C=O) groups is 1. The second kappa shape index (κ2) is 11.1. The molecule has 0 bridgehead atoms. The fourth-order valence-corrected chi connectivity index (χ4v) is 7.35.